The SMILES string of the molecule is CCCNC(C)(C#N)CN1CCC(C)(C)CC1. The number of nitrogens with zero attached hydrogens (tertiary/aromatic N) is 2. The van der Waals surface area contributed by atoms with E-state index >= 15 is 0 Å². The van der Waals surface area contributed by atoms with E-state index in [1.54, 1.807) is 0 Å². The first-order valence-corrected chi connectivity index (χ1v) is 6.79. The molecule has 1 unspecified atom stereocenters. The predicted octanol–water partition coefficient (Wildman–Crippen LogP) is 2.39. The highest BCUT2D eigenvalue weighted by molar-refractivity contribution is 5.06. The van der Waals surface area contributed by atoms with Crippen molar-refractivity contribution in [3.8, 4) is 6.07 Å². The van der Waals surface area contributed by atoms with Gasteiger partial charge >= 0.3 is 0 Å². The van der Waals surface area contributed by atoms with Gasteiger partial charge in [0.25, 0.3) is 0 Å². The number of hydrogen-bond acceptors (Lipinski definition) is 3. The zero-order valence-corrected chi connectivity index (χ0v) is 11.8. The van der Waals surface area contributed by atoms with Crippen LogP contribution in [0.4, 0.5) is 0 Å². The Morgan fingerprint density at radius 3 is 2.41 bits per heavy atom. The minimum atomic E-state index is -0.391. The van der Waals surface area contributed by atoms with Crippen LogP contribution in [0.25, 0.3) is 0 Å². The Kier molecular flexibility index (Phi) is 4.97. The second-order valence-corrected chi connectivity index (χ2v) is 6.31. The van der Waals surface area contributed by atoms with Crippen molar-refractivity contribution in [1.29, 1.82) is 5.26 Å². The van der Waals surface area contributed by atoms with Gasteiger partial charge in [0.2, 0.25) is 0 Å². The molecule has 0 amide bonds. The molecule has 1 atom stereocenters. The Labute approximate surface area is 106 Å². The van der Waals surface area contributed by atoms with Gasteiger partial charge in [-0.05, 0) is 51.2 Å². The van der Waals surface area contributed by atoms with Gasteiger partial charge in [-0.15, -0.1) is 0 Å². The molecule has 0 aliphatic carbocycles. The summed E-state index contributed by atoms with van der Waals surface area (Å²) in [5.74, 6) is 0. The molecule has 0 aromatic heterocycles. The molecule has 1 N–H and O–H groups in total. The predicted molar refractivity (Wildman–Crippen MR) is 71.8 cm³/mol. The lowest BCUT2D eigenvalue weighted by Crippen LogP contribution is -2.52. The van der Waals surface area contributed by atoms with Crippen LogP contribution < -0.4 is 5.32 Å². The standard InChI is InChI=1S/C14H27N3/c1-5-8-16-14(4,11-15)12-17-9-6-13(2,3)7-10-17/h16H,5-10,12H2,1-4H3. The molecule has 0 bridgehead atoms. The lowest BCUT2D eigenvalue weighted by Gasteiger charge is -2.39. The highest BCUT2D eigenvalue weighted by Gasteiger charge is 2.31. The van der Waals surface area contributed by atoms with E-state index in [9.17, 15) is 5.26 Å². The number of rotatable bonds is 5. The molecule has 3 heteroatoms. The normalized spacial score (nSPS) is 23.9. The zero-order valence-electron chi connectivity index (χ0n) is 11.8. The third-order valence-corrected chi connectivity index (χ3v) is 3.76. The van der Waals surface area contributed by atoms with Crippen molar-refractivity contribution >= 4 is 0 Å². The third kappa shape index (κ3) is 4.65. The van der Waals surface area contributed by atoms with Gasteiger partial charge < -0.3 is 4.90 Å². The number of nitrogens with one attached hydrogen (secondary N) is 1. The van der Waals surface area contributed by atoms with Gasteiger partial charge in [0.05, 0.1) is 6.07 Å². The fraction of sp³-hybridized carbons (Fsp3) is 0.929. The lowest BCUT2D eigenvalue weighted by molar-refractivity contribution is 0.114. The van der Waals surface area contributed by atoms with Crippen molar-refractivity contribution in [2.45, 2.75) is 52.5 Å². The molecular formula is C14H27N3. The van der Waals surface area contributed by atoms with Crippen molar-refractivity contribution in [3.63, 3.8) is 0 Å². The molecule has 0 radical (unpaired) electrons. The molecule has 17 heavy (non-hydrogen) atoms. The number of piperidine rings is 1. The van der Waals surface area contributed by atoms with Crippen LogP contribution >= 0.6 is 0 Å². The molecule has 1 rings (SSSR count). The van der Waals surface area contributed by atoms with Crippen molar-refractivity contribution in [1.82, 2.24) is 10.2 Å². The second kappa shape index (κ2) is 5.84. The highest BCUT2D eigenvalue weighted by Crippen LogP contribution is 2.30. The Balaban J connectivity index is 2.45. The van der Waals surface area contributed by atoms with Gasteiger partial charge in [-0.1, -0.05) is 20.8 Å². The van der Waals surface area contributed by atoms with Gasteiger partial charge in [-0.3, -0.25) is 5.32 Å². The lowest BCUT2D eigenvalue weighted by atomic mass is 9.82. The van der Waals surface area contributed by atoms with Crippen LogP contribution in [-0.4, -0.2) is 36.6 Å². The van der Waals surface area contributed by atoms with Crippen LogP contribution in [0, 0.1) is 16.7 Å². The average Bonchev–Trinajstić information content (AvgIpc) is 2.30. The first-order valence-electron chi connectivity index (χ1n) is 6.79. The van der Waals surface area contributed by atoms with E-state index in [4.69, 9.17) is 0 Å². The molecule has 1 fully saturated rings. The van der Waals surface area contributed by atoms with E-state index in [2.05, 4.69) is 37.1 Å². The van der Waals surface area contributed by atoms with E-state index in [0.29, 0.717) is 5.41 Å². The van der Waals surface area contributed by atoms with E-state index in [0.717, 1.165) is 32.6 Å². The van der Waals surface area contributed by atoms with Crippen LogP contribution in [0.2, 0.25) is 0 Å². The molecule has 98 valence electrons. The third-order valence-electron chi connectivity index (χ3n) is 3.76. The van der Waals surface area contributed by atoms with Gasteiger partial charge in [-0.2, -0.15) is 5.26 Å². The van der Waals surface area contributed by atoms with Crippen LogP contribution in [0.5, 0.6) is 0 Å². The van der Waals surface area contributed by atoms with E-state index in [1.807, 2.05) is 6.92 Å². The Bertz CT molecular complexity index is 270. The summed E-state index contributed by atoms with van der Waals surface area (Å²) in [6.07, 6.45) is 3.55. The molecule has 0 aromatic rings. The summed E-state index contributed by atoms with van der Waals surface area (Å²) in [5, 5.41) is 12.7. The molecule has 0 saturated carbocycles. The fourth-order valence-corrected chi connectivity index (χ4v) is 2.30. The summed E-state index contributed by atoms with van der Waals surface area (Å²) in [7, 11) is 0. The van der Waals surface area contributed by atoms with Crippen molar-refractivity contribution in [2.24, 2.45) is 5.41 Å². The van der Waals surface area contributed by atoms with E-state index in [1.165, 1.54) is 12.8 Å². The van der Waals surface area contributed by atoms with Gasteiger partial charge in [0, 0.05) is 6.54 Å². The maximum atomic E-state index is 9.31. The van der Waals surface area contributed by atoms with Gasteiger partial charge in [0.15, 0.2) is 0 Å². The topological polar surface area (TPSA) is 39.1 Å². The minimum Gasteiger partial charge on any atom is -0.300 e. The summed E-state index contributed by atoms with van der Waals surface area (Å²) in [5.41, 5.74) is 0.0912. The molecule has 1 saturated heterocycles. The maximum Gasteiger partial charge on any atom is 0.116 e. The molecule has 3 nitrogen and oxygen atoms in total. The Hall–Kier alpha value is -0.590. The average molecular weight is 237 g/mol. The number of nitriles is 1. The van der Waals surface area contributed by atoms with Crippen LogP contribution in [-0.2, 0) is 0 Å². The van der Waals surface area contributed by atoms with Gasteiger partial charge in [0.1, 0.15) is 5.54 Å². The highest BCUT2D eigenvalue weighted by atomic mass is 15.2. The maximum absolute atomic E-state index is 9.31. The molecule has 0 aromatic carbocycles. The largest absolute Gasteiger partial charge is 0.300 e. The molecule has 0 spiro atoms. The van der Waals surface area contributed by atoms with Crippen molar-refractivity contribution < 1.29 is 0 Å². The number of hydrogen-bond donors (Lipinski definition) is 1. The number of likely N-dealkylation sites (tertiary alicyclic amines) is 1. The molecule has 1 heterocycles. The molecular weight excluding hydrogens is 210 g/mol. The van der Waals surface area contributed by atoms with Gasteiger partial charge in [-0.25, -0.2) is 0 Å². The van der Waals surface area contributed by atoms with Crippen molar-refractivity contribution in [2.75, 3.05) is 26.2 Å². The van der Waals surface area contributed by atoms with Crippen LogP contribution in [0.3, 0.4) is 0 Å². The molecule has 1 aliphatic rings. The van der Waals surface area contributed by atoms with E-state index < -0.39 is 5.54 Å². The summed E-state index contributed by atoms with van der Waals surface area (Å²) < 4.78 is 0. The van der Waals surface area contributed by atoms with Crippen LogP contribution in [0.15, 0.2) is 0 Å². The minimum absolute atomic E-state index is 0.391. The molecule has 1 aliphatic heterocycles. The Morgan fingerprint density at radius 1 is 1.35 bits per heavy atom. The summed E-state index contributed by atoms with van der Waals surface area (Å²) in [6, 6.07) is 2.43. The zero-order chi connectivity index (χ0) is 12.9. The second-order valence-electron chi connectivity index (χ2n) is 6.31. The van der Waals surface area contributed by atoms with Crippen LogP contribution in [0.1, 0.15) is 47.0 Å². The fourth-order valence-electron chi connectivity index (χ4n) is 2.30. The monoisotopic (exact) mass is 237 g/mol. The first kappa shape index (κ1) is 14.5. The van der Waals surface area contributed by atoms with E-state index in [-0.39, 0.29) is 0 Å². The quantitative estimate of drug-likeness (QED) is 0.798. The summed E-state index contributed by atoms with van der Waals surface area (Å²) in [6.45, 7) is 12.8. The van der Waals surface area contributed by atoms with Crippen molar-refractivity contribution in [3.05, 3.63) is 0 Å². The Morgan fingerprint density at radius 2 is 1.94 bits per heavy atom. The first-order chi connectivity index (χ1) is 7.91. The summed E-state index contributed by atoms with van der Waals surface area (Å²) >= 11 is 0. The summed E-state index contributed by atoms with van der Waals surface area (Å²) in [4.78, 5) is 2.43. The smallest absolute Gasteiger partial charge is 0.116 e.